The first-order valence-corrected chi connectivity index (χ1v) is 19.2. The van der Waals surface area contributed by atoms with Crippen molar-refractivity contribution in [1.29, 1.82) is 0 Å². The topological polar surface area (TPSA) is 83.9 Å². The van der Waals surface area contributed by atoms with E-state index in [2.05, 4.69) is 22.6 Å². The quantitative estimate of drug-likeness (QED) is 0.194. The van der Waals surface area contributed by atoms with Gasteiger partial charge in [0.1, 0.15) is 35.1 Å². The molecule has 53 heavy (non-hydrogen) atoms. The molecular weight excluding hydrogens is 674 g/mol. The normalized spacial score (nSPS) is 20.9. The predicted molar refractivity (Wildman–Crippen MR) is 204 cm³/mol. The van der Waals surface area contributed by atoms with Gasteiger partial charge in [0, 0.05) is 36.6 Å². The summed E-state index contributed by atoms with van der Waals surface area (Å²) in [6.45, 7) is 15.5. The number of ether oxygens (including phenoxy) is 2. The molecule has 1 amide bonds. The summed E-state index contributed by atoms with van der Waals surface area (Å²) in [5.41, 5.74) is 0.641. The van der Waals surface area contributed by atoms with Gasteiger partial charge in [-0.1, -0.05) is 51.0 Å². The van der Waals surface area contributed by atoms with Crippen LogP contribution in [-0.2, 0) is 4.74 Å². The average Bonchev–Trinajstić information content (AvgIpc) is 3.73. The minimum atomic E-state index is -0.639. The molecule has 3 saturated heterocycles. The van der Waals surface area contributed by atoms with Crippen LogP contribution in [-0.4, -0.2) is 87.4 Å². The summed E-state index contributed by atoms with van der Waals surface area (Å²) < 4.78 is 44.6. The largest absolute Gasteiger partial charge is 0.461 e. The Hall–Kier alpha value is -4.56. The number of amides is 1. The zero-order valence-electron chi connectivity index (χ0n) is 31.8. The molecule has 2 aromatic carbocycles. The number of piperazine rings is 1. The molecule has 2 aromatic heterocycles. The Morgan fingerprint density at radius 2 is 1.75 bits per heavy atom. The van der Waals surface area contributed by atoms with Crippen LogP contribution in [0.2, 0.25) is 0 Å². The van der Waals surface area contributed by atoms with Crippen LogP contribution >= 0.6 is 0 Å². The van der Waals surface area contributed by atoms with Crippen molar-refractivity contribution in [3.05, 3.63) is 53.2 Å². The second kappa shape index (κ2) is 14.3. The zero-order valence-corrected chi connectivity index (χ0v) is 31.8. The Morgan fingerprint density at radius 3 is 2.47 bits per heavy atom. The second-order valence-corrected chi connectivity index (χ2v) is 15.6. The smallest absolute Gasteiger partial charge is 0.410 e. The first kappa shape index (κ1) is 36.8. The number of hydrogen-bond donors (Lipinski definition) is 0. The highest BCUT2D eigenvalue weighted by atomic mass is 19.1. The van der Waals surface area contributed by atoms with Crippen molar-refractivity contribution < 1.29 is 23.0 Å². The molecule has 0 aliphatic carbocycles. The molecule has 2 atom stereocenters. The highest BCUT2D eigenvalue weighted by molar-refractivity contribution is 6.03. The van der Waals surface area contributed by atoms with Crippen LogP contribution in [0, 0.1) is 24.0 Å². The Morgan fingerprint density at radius 1 is 1.00 bits per heavy atom. The van der Waals surface area contributed by atoms with E-state index in [1.54, 1.807) is 23.1 Å². The third kappa shape index (κ3) is 6.64. The molecule has 2 unspecified atom stereocenters. The lowest BCUT2D eigenvalue weighted by Crippen LogP contribution is -2.56. The molecule has 0 radical (unpaired) electrons. The van der Waals surface area contributed by atoms with E-state index in [-0.39, 0.29) is 46.4 Å². The highest BCUT2D eigenvalue weighted by Crippen LogP contribution is 2.44. The van der Waals surface area contributed by atoms with Crippen LogP contribution in [0.5, 0.6) is 6.01 Å². The van der Waals surface area contributed by atoms with Gasteiger partial charge in [-0.3, -0.25) is 4.90 Å². The fourth-order valence-electron chi connectivity index (χ4n) is 8.77. The molecule has 11 heteroatoms. The minimum Gasteiger partial charge on any atom is -0.461 e. The van der Waals surface area contributed by atoms with Gasteiger partial charge >= 0.3 is 12.1 Å². The standard InChI is InChI=1S/C40H44F2N6O3.C2H6/c1-6-27-29(41)15-13-25-10-7-11-28(30(25)27)34-32(42)35-31-33(43-34)24(2)12-14-26-22-46(38(49)51-39(3,4)5)20-21-48(26)36(31)45-37(44-35)50-23-40-16-8-18-47(40)19-9-17-40;1-2/h1,7,10-11,13,15,24,26H,8-9,12,14,16-23H2,2-5H3;1-2H3. The summed E-state index contributed by atoms with van der Waals surface area (Å²) in [4.78, 5) is 34.5. The monoisotopic (exact) mass is 724 g/mol. The van der Waals surface area contributed by atoms with Gasteiger partial charge in [-0.05, 0) is 89.8 Å². The van der Waals surface area contributed by atoms with E-state index in [1.165, 1.54) is 6.07 Å². The first-order valence-electron chi connectivity index (χ1n) is 19.2. The van der Waals surface area contributed by atoms with E-state index in [9.17, 15) is 4.79 Å². The van der Waals surface area contributed by atoms with Gasteiger partial charge in [0.15, 0.2) is 5.82 Å². The van der Waals surface area contributed by atoms with Gasteiger partial charge in [0.05, 0.1) is 22.2 Å². The first-order chi connectivity index (χ1) is 25.5. The maximum atomic E-state index is 17.3. The number of terminal acetylenes is 1. The van der Waals surface area contributed by atoms with E-state index in [4.69, 9.17) is 30.8 Å². The summed E-state index contributed by atoms with van der Waals surface area (Å²) >= 11 is 0. The van der Waals surface area contributed by atoms with E-state index >= 15 is 8.78 Å². The molecule has 8 rings (SSSR count). The summed E-state index contributed by atoms with van der Waals surface area (Å²) in [7, 11) is 0. The fourth-order valence-corrected chi connectivity index (χ4v) is 8.77. The van der Waals surface area contributed by atoms with Crippen LogP contribution in [0.1, 0.15) is 97.2 Å². The van der Waals surface area contributed by atoms with Crippen LogP contribution < -0.4 is 9.64 Å². The molecule has 0 spiro atoms. The molecule has 3 fully saturated rings. The van der Waals surface area contributed by atoms with Crippen LogP contribution in [0.3, 0.4) is 0 Å². The summed E-state index contributed by atoms with van der Waals surface area (Å²) in [6.07, 6.45) is 11.3. The molecule has 4 aromatic rings. The van der Waals surface area contributed by atoms with E-state index in [1.807, 2.05) is 40.7 Å². The number of carbonyl (C=O) groups is 1. The van der Waals surface area contributed by atoms with Crippen molar-refractivity contribution in [3.63, 3.8) is 0 Å². The maximum absolute atomic E-state index is 17.3. The number of pyridine rings is 1. The molecule has 6 heterocycles. The van der Waals surface area contributed by atoms with Gasteiger partial charge in [0.25, 0.3) is 0 Å². The number of aromatic nitrogens is 3. The van der Waals surface area contributed by atoms with Gasteiger partial charge in [-0.25, -0.2) is 18.6 Å². The van der Waals surface area contributed by atoms with E-state index in [0.717, 1.165) is 51.6 Å². The number of benzene rings is 2. The number of nitrogens with zero attached hydrogens (tertiary/aromatic N) is 6. The van der Waals surface area contributed by atoms with E-state index in [0.29, 0.717) is 59.5 Å². The second-order valence-electron chi connectivity index (χ2n) is 15.6. The molecule has 4 aliphatic heterocycles. The van der Waals surface area contributed by atoms with Crippen LogP contribution in [0.25, 0.3) is 32.9 Å². The van der Waals surface area contributed by atoms with Gasteiger partial charge in [0.2, 0.25) is 0 Å². The fraction of sp³-hybridized carbons (Fsp3) is 0.524. The van der Waals surface area contributed by atoms with Crippen molar-refractivity contribution in [1.82, 2.24) is 24.8 Å². The average molecular weight is 725 g/mol. The van der Waals surface area contributed by atoms with Gasteiger partial charge in [-0.15, -0.1) is 6.42 Å². The zero-order chi connectivity index (χ0) is 37.7. The number of rotatable bonds is 4. The number of hydrogen-bond acceptors (Lipinski definition) is 8. The van der Waals surface area contributed by atoms with Crippen molar-refractivity contribution >= 4 is 33.6 Å². The lowest BCUT2D eigenvalue weighted by atomic mass is 9.90. The van der Waals surface area contributed by atoms with Crippen molar-refractivity contribution in [2.45, 2.75) is 103 Å². The molecule has 4 aliphatic rings. The molecule has 280 valence electrons. The van der Waals surface area contributed by atoms with Crippen LogP contribution in [0.15, 0.2) is 30.3 Å². The Labute approximate surface area is 311 Å². The molecular formula is C42H50F2N6O3. The Bertz CT molecular complexity index is 2080. The summed E-state index contributed by atoms with van der Waals surface area (Å²) in [6, 6.07) is 8.38. The predicted octanol–water partition coefficient (Wildman–Crippen LogP) is 8.46. The lowest BCUT2D eigenvalue weighted by molar-refractivity contribution is 0.0210. The molecule has 9 nitrogen and oxygen atoms in total. The highest BCUT2D eigenvalue weighted by Gasteiger charge is 2.45. The van der Waals surface area contributed by atoms with Gasteiger partial charge in [-0.2, -0.15) is 9.97 Å². The summed E-state index contributed by atoms with van der Waals surface area (Å²) in [5.74, 6) is 1.75. The Balaban J connectivity index is 0.00000214. The number of halogens is 2. The van der Waals surface area contributed by atoms with Crippen molar-refractivity contribution in [2.75, 3.05) is 44.2 Å². The van der Waals surface area contributed by atoms with Crippen molar-refractivity contribution in [3.8, 4) is 29.6 Å². The van der Waals surface area contributed by atoms with Gasteiger partial charge < -0.3 is 19.3 Å². The Kier molecular flexibility index (Phi) is 9.96. The lowest BCUT2D eigenvalue weighted by Gasteiger charge is -2.44. The number of anilines is 1. The SMILES string of the molecule is C#Cc1c(F)ccc2cccc(-c3nc4c5c(nc(OCC67CCCN6CCC7)nc5c3F)N3CCN(C(=O)OC(C)(C)C)CC3CCC4C)c12.CC. The molecule has 0 N–H and O–H groups in total. The third-order valence-corrected chi connectivity index (χ3v) is 11.3. The van der Waals surface area contributed by atoms with Crippen LogP contribution in [0.4, 0.5) is 19.4 Å². The van der Waals surface area contributed by atoms with Crippen molar-refractivity contribution in [2.24, 2.45) is 0 Å². The summed E-state index contributed by atoms with van der Waals surface area (Å²) in [5, 5.41) is 1.66. The molecule has 0 bridgehead atoms. The number of fused-ring (bicyclic) bond motifs is 4. The minimum absolute atomic E-state index is 0.0637. The molecule has 0 saturated carbocycles. The number of carbonyl (C=O) groups excluding carboxylic acids is 1. The van der Waals surface area contributed by atoms with E-state index < -0.39 is 17.2 Å². The third-order valence-electron chi connectivity index (χ3n) is 11.3. The maximum Gasteiger partial charge on any atom is 0.410 e.